The molecule has 0 amide bonds. The van der Waals surface area contributed by atoms with Crippen LogP contribution in [0.5, 0.6) is 0 Å². The van der Waals surface area contributed by atoms with Crippen molar-refractivity contribution in [2.75, 3.05) is 13.1 Å². The minimum absolute atomic E-state index is 0.285. The summed E-state index contributed by atoms with van der Waals surface area (Å²) < 4.78 is 1.80. The van der Waals surface area contributed by atoms with Gasteiger partial charge in [-0.15, -0.1) is 5.10 Å². The van der Waals surface area contributed by atoms with Crippen molar-refractivity contribution in [3.05, 3.63) is 11.9 Å². The van der Waals surface area contributed by atoms with E-state index < -0.39 is 0 Å². The number of rotatable bonds is 5. The van der Waals surface area contributed by atoms with E-state index in [4.69, 9.17) is 0 Å². The second-order valence-electron chi connectivity index (χ2n) is 6.56. The second-order valence-corrected chi connectivity index (χ2v) is 6.56. The Balaban J connectivity index is 1.74. The van der Waals surface area contributed by atoms with Crippen LogP contribution in [-0.2, 0) is 13.6 Å². The molecule has 5 nitrogen and oxygen atoms in total. The number of aryl methyl sites for hydroxylation is 1. The van der Waals surface area contributed by atoms with Crippen molar-refractivity contribution in [1.29, 1.82) is 0 Å². The molecule has 1 N–H and O–H groups in total. The van der Waals surface area contributed by atoms with Gasteiger partial charge in [0, 0.05) is 44.5 Å². The molecule has 1 unspecified atom stereocenters. The predicted molar refractivity (Wildman–Crippen MR) is 79.2 cm³/mol. The van der Waals surface area contributed by atoms with Crippen molar-refractivity contribution in [2.24, 2.45) is 13.0 Å². The van der Waals surface area contributed by atoms with Gasteiger partial charge in [0.05, 0.1) is 5.69 Å². The second kappa shape index (κ2) is 5.45. The fraction of sp³-hybridized carbons (Fsp3) is 0.867. The standard InChI is InChI=1S/C15H27N5/c1-4-15(5-2)11-20(10-13-9-19(3)18-17-13)14(8-16-15)12-6-7-12/h9,12,14,16H,4-8,10-11H2,1-3H3. The molecule has 1 aliphatic heterocycles. The molecule has 3 rings (SSSR count). The lowest BCUT2D eigenvalue weighted by Gasteiger charge is -2.47. The summed E-state index contributed by atoms with van der Waals surface area (Å²) in [6.07, 6.45) is 7.23. The first kappa shape index (κ1) is 14.0. The van der Waals surface area contributed by atoms with Crippen LogP contribution in [0.3, 0.4) is 0 Å². The summed E-state index contributed by atoms with van der Waals surface area (Å²) in [5.41, 5.74) is 1.38. The third-order valence-electron chi connectivity index (χ3n) is 5.20. The predicted octanol–water partition coefficient (Wildman–Crippen LogP) is 1.56. The van der Waals surface area contributed by atoms with Crippen molar-refractivity contribution < 1.29 is 0 Å². The van der Waals surface area contributed by atoms with Crippen molar-refractivity contribution in [2.45, 2.75) is 57.7 Å². The topological polar surface area (TPSA) is 46.0 Å². The van der Waals surface area contributed by atoms with Crippen LogP contribution in [-0.4, -0.2) is 44.6 Å². The van der Waals surface area contributed by atoms with Crippen LogP contribution in [0.1, 0.15) is 45.2 Å². The highest BCUT2D eigenvalue weighted by atomic mass is 15.4. The summed E-state index contributed by atoms with van der Waals surface area (Å²) in [7, 11) is 1.94. The highest BCUT2D eigenvalue weighted by Crippen LogP contribution is 2.38. The SMILES string of the molecule is CCC1(CC)CN(Cc2cn(C)nn2)C(C2CC2)CN1. The van der Waals surface area contributed by atoms with Crippen LogP contribution in [0.4, 0.5) is 0 Å². The van der Waals surface area contributed by atoms with Gasteiger partial charge in [-0.1, -0.05) is 19.1 Å². The highest BCUT2D eigenvalue weighted by molar-refractivity contribution is 5.03. The van der Waals surface area contributed by atoms with Gasteiger partial charge in [-0.25, -0.2) is 0 Å². The van der Waals surface area contributed by atoms with E-state index in [2.05, 4.69) is 34.4 Å². The molecule has 1 aliphatic carbocycles. The van der Waals surface area contributed by atoms with Gasteiger partial charge in [-0.2, -0.15) is 0 Å². The summed E-state index contributed by atoms with van der Waals surface area (Å²) in [5, 5.41) is 12.2. The van der Waals surface area contributed by atoms with Crippen LogP contribution in [0, 0.1) is 5.92 Å². The first-order valence-corrected chi connectivity index (χ1v) is 8.00. The van der Waals surface area contributed by atoms with Gasteiger partial charge in [-0.3, -0.25) is 9.58 Å². The number of aromatic nitrogens is 3. The first-order chi connectivity index (χ1) is 9.65. The van der Waals surface area contributed by atoms with Crippen LogP contribution in [0.25, 0.3) is 0 Å². The minimum Gasteiger partial charge on any atom is -0.308 e. The summed E-state index contributed by atoms with van der Waals surface area (Å²) in [5.74, 6) is 0.894. The van der Waals surface area contributed by atoms with Crippen LogP contribution < -0.4 is 5.32 Å². The van der Waals surface area contributed by atoms with Crippen molar-refractivity contribution in [3.63, 3.8) is 0 Å². The Morgan fingerprint density at radius 1 is 1.35 bits per heavy atom. The van der Waals surface area contributed by atoms with E-state index in [1.807, 2.05) is 13.2 Å². The Bertz CT molecular complexity index is 447. The molecule has 5 heteroatoms. The maximum atomic E-state index is 4.27. The molecule has 2 aliphatic rings. The maximum Gasteiger partial charge on any atom is 0.0967 e. The Labute approximate surface area is 121 Å². The zero-order valence-electron chi connectivity index (χ0n) is 13.0. The molecule has 1 saturated heterocycles. The van der Waals surface area contributed by atoms with E-state index in [0.29, 0.717) is 6.04 Å². The van der Waals surface area contributed by atoms with Gasteiger partial charge >= 0.3 is 0 Å². The quantitative estimate of drug-likeness (QED) is 0.887. The largest absolute Gasteiger partial charge is 0.308 e. The molecule has 2 fully saturated rings. The molecule has 0 aromatic carbocycles. The van der Waals surface area contributed by atoms with E-state index in [1.54, 1.807) is 4.68 Å². The molecule has 0 spiro atoms. The van der Waals surface area contributed by atoms with Gasteiger partial charge in [0.1, 0.15) is 0 Å². The molecular weight excluding hydrogens is 250 g/mol. The average Bonchev–Trinajstić information content (AvgIpc) is 3.22. The van der Waals surface area contributed by atoms with Crippen molar-refractivity contribution in [1.82, 2.24) is 25.2 Å². The fourth-order valence-electron chi connectivity index (χ4n) is 3.53. The first-order valence-electron chi connectivity index (χ1n) is 8.00. The maximum absolute atomic E-state index is 4.27. The number of nitrogens with one attached hydrogen (secondary N) is 1. The number of hydrogen-bond donors (Lipinski definition) is 1. The van der Waals surface area contributed by atoms with E-state index in [9.17, 15) is 0 Å². The summed E-state index contributed by atoms with van der Waals surface area (Å²) >= 11 is 0. The lowest BCUT2D eigenvalue weighted by molar-refractivity contribution is 0.0547. The lowest BCUT2D eigenvalue weighted by atomic mass is 9.87. The number of piperazine rings is 1. The van der Waals surface area contributed by atoms with Gasteiger partial charge in [-0.05, 0) is 31.6 Å². The highest BCUT2D eigenvalue weighted by Gasteiger charge is 2.43. The Morgan fingerprint density at radius 3 is 2.65 bits per heavy atom. The molecule has 1 saturated carbocycles. The Hall–Kier alpha value is -0.940. The molecule has 0 bridgehead atoms. The van der Waals surface area contributed by atoms with Crippen molar-refractivity contribution in [3.8, 4) is 0 Å². The summed E-state index contributed by atoms with van der Waals surface area (Å²) in [6.45, 7) is 7.81. The molecular formula is C15H27N5. The summed E-state index contributed by atoms with van der Waals surface area (Å²) in [4.78, 5) is 2.66. The minimum atomic E-state index is 0.285. The number of hydrogen-bond acceptors (Lipinski definition) is 4. The van der Waals surface area contributed by atoms with Crippen LogP contribution >= 0.6 is 0 Å². The van der Waals surface area contributed by atoms with E-state index in [0.717, 1.165) is 31.2 Å². The van der Waals surface area contributed by atoms with Crippen LogP contribution in [0.15, 0.2) is 6.20 Å². The molecule has 2 heterocycles. The zero-order valence-corrected chi connectivity index (χ0v) is 13.0. The third kappa shape index (κ3) is 2.74. The van der Waals surface area contributed by atoms with E-state index >= 15 is 0 Å². The van der Waals surface area contributed by atoms with Crippen LogP contribution in [0.2, 0.25) is 0 Å². The fourth-order valence-corrected chi connectivity index (χ4v) is 3.53. The van der Waals surface area contributed by atoms with Crippen molar-refractivity contribution >= 4 is 0 Å². The van der Waals surface area contributed by atoms with E-state index in [1.165, 1.54) is 25.7 Å². The van der Waals surface area contributed by atoms with E-state index in [-0.39, 0.29) is 5.54 Å². The third-order valence-corrected chi connectivity index (χ3v) is 5.20. The smallest absolute Gasteiger partial charge is 0.0967 e. The zero-order chi connectivity index (χ0) is 14.2. The monoisotopic (exact) mass is 277 g/mol. The molecule has 112 valence electrons. The van der Waals surface area contributed by atoms with Gasteiger partial charge in [0.15, 0.2) is 0 Å². The van der Waals surface area contributed by atoms with Gasteiger partial charge in [0.2, 0.25) is 0 Å². The Morgan fingerprint density at radius 2 is 2.10 bits per heavy atom. The molecule has 1 atom stereocenters. The molecule has 1 aromatic heterocycles. The van der Waals surface area contributed by atoms with Gasteiger partial charge in [0.25, 0.3) is 0 Å². The molecule has 0 radical (unpaired) electrons. The Kier molecular flexibility index (Phi) is 3.82. The molecule has 1 aromatic rings. The number of nitrogens with zero attached hydrogens (tertiary/aromatic N) is 4. The summed E-state index contributed by atoms with van der Waals surface area (Å²) in [6, 6.07) is 0.684. The average molecular weight is 277 g/mol. The lowest BCUT2D eigenvalue weighted by Crippen LogP contribution is -2.64. The van der Waals surface area contributed by atoms with Gasteiger partial charge < -0.3 is 5.32 Å². The normalized spacial score (nSPS) is 26.9. The molecule has 20 heavy (non-hydrogen) atoms.